The monoisotopic (exact) mass is 235 g/mol. The molecule has 0 aliphatic carbocycles. The van der Waals surface area contributed by atoms with Crippen molar-refractivity contribution in [1.29, 1.82) is 0 Å². The summed E-state index contributed by atoms with van der Waals surface area (Å²) in [5.74, 6) is -0.140. The van der Waals surface area contributed by atoms with E-state index in [1.165, 1.54) is 6.47 Å². The minimum absolute atomic E-state index is 0. The van der Waals surface area contributed by atoms with E-state index >= 15 is 0 Å². The van der Waals surface area contributed by atoms with Gasteiger partial charge >= 0.3 is 22.4 Å². The Hall–Kier alpha value is -0.320. The molecule has 0 radical (unpaired) electrons. The van der Waals surface area contributed by atoms with E-state index in [9.17, 15) is 9.59 Å². The Labute approximate surface area is 74.0 Å². The van der Waals surface area contributed by atoms with E-state index in [1.807, 2.05) is 0 Å². The number of amides is 1. The molecule has 1 aliphatic heterocycles. The van der Waals surface area contributed by atoms with E-state index < -0.39 is 0 Å². The fourth-order valence-electron chi connectivity index (χ4n) is 0.765. The first kappa shape index (κ1) is 9.68. The Morgan fingerprint density at radius 2 is 2.30 bits per heavy atom. The molecule has 5 heteroatoms. The quantitative estimate of drug-likeness (QED) is 0.484. The molecule has 0 N–H and O–H groups in total. The molecule has 1 aliphatic rings. The molecule has 0 aromatic rings. The van der Waals surface area contributed by atoms with Crippen LogP contribution in [-0.4, -0.2) is 24.0 Å². The molecule has 0 aromatic carbocycles. The van der Waals surface area contributed by atoms with Gasteiger partial charge in [-0.3, -0.25) is 4.79 Å². The van der Waals surface area contributed by atoms with Crippen molar-refractivity contribution in [3.63, 3.8) is 0 Å². The van der Waals surface area contributed by atoms with Gasteiger partial charge in [-0.1, -0.05) is 0 Å². The Morgan fingerprint density at radius 3 is 2.70 bits per heavy atom. The molecular formula is C5H6AgNO3. The van der Waals surface area contributed by atoms with Crippen molar-refractivity contribution >= 4 is 12.4 Å². The third kappa shape index (κ3) is 2.13. The van der Waals surface area contributed by atoms with Crippen LogP contribution in [0.1, 0.15) is 12.8 Å². The summed E-state index contributed by atoms with van der Waals surface area (Å²) >= 11 is 0. The third-order valence-corrected chi connectivity index (χ3v) is 1.18. The number of hydroxylamine groups is 2. The van der Waals surface area contributed by atoms with Crippen LogP contribution in [0.15, 0.2) is 0 Å². The van der Waals surface area contributed by atoms with Crippen LogP contribution in [-0.2, 0) is 36.8 Å². The largest absolute Gasteiger partial charge is 1.00 e. The van der Waals surface area contributed by atoms with Crippen LogP contribution in [0.4, 0.5) is 0 Å². The zero-order valence-electron chi connectivity index (χ0n) is 5.09. The van der Waals surface area contributed by atoms with E-state index in [0.717, 1.165) is 11.5 Å². The van der Waals surface area contributed by atoms with Crippen molar-refractivity contribution < 1.29 is 36.8 Å². The molecule has 1 amide bonds. The summed E-state index contributed by atoms with van der Waals surface area (Å²) in [7, 11) is 0. The van der Waals surface area contributed by atoms with Gasteiger partial charge in [0.25, 0.3) is 5.91 Å². The van der Waals surface area contributed by atoms with Crippen LogP contribution in [0.25, 0.3) is 0 Å². The number of nitrogens with zero attached hydrogens (tertiary/aromatic N) is 1. The summed E-state index contributed by atoms with van der Waals surface area (Å²) in [6, 6.07) is 0. The van der Waals surface area contributed by atoms with Gasteiger partial charge in [-0.25, -0.2) is 5.06 Å². The fourth-order valence-corrected chi connectivity index (χ4v) is 0.765. The van der Waals surface area contributed by atoms with Gasteiger partial charge in [0.1, 0.15) is 0 Å². The first-order valence-corrected chi connectivity index (χ1v) is 2.69. The molecule has 0 atom stereocenters. The van der Waals surface area contributed by atoms with Gasteiger partial charge in [0.2, 0.25) is 0 Å². The molecule has 1 saturated heterocycles. The van der Waals surface area contributed by atoms with Crippen molar-refractivity contribution in [2.75, 3.05) is 6.54 Å². The smallest absolute Gasteiger partial charge is 0.542 e. The number of hydrogen-bond acceptors (Lipinski definition) is 3. The Kier molecular flexibility index (Phi) is 4.35. The van der Waals surface area contributed by atoms with Crippen LogP contribution < -0.4 is 0 Å². The van der Waals surface area contributed by atoms with E-state index in [-0.39, 0.29) is 28.3 Å². The number of carbonyl (C=O) groups is 1. The summed E-state index contributed by atoms with van der Waals surface area (Å²) in [5, 5.41) is 1.02. The molecule has 0 unspecified atom stereocenters. The number of rotatable bonds is 2. The first-order chi connectivity index (χ1) is 4.34. The van der Waals surface area contributed by atoms with Gasteiger partial charge in [0.05, 0.1) is 6.54 Å². The van der Waals surface area contributed by atoms with Crippen molar-refractivity contribution in [3.8, 4) is 0 Å². The van der Waals surface area contributed by atoms with Crippen LogP contribution >= 0.6 is 0 Å². The van der Waals surface area contributed by atoms with Crippen molar-refractivity contribution in [3.05, 3.63) is 0 Å². The van der Waals surface area contributed by atoms with Gasteiger partial charge in [0, 0.05) is 6.42 Å². The molecule has 0 saturated carbocycles. The SMILES string of the molecule is O=[C-]ON1CCCC1=O.[Ag+]. The minimum Gasteiger partial charge on any atom is -0.542 e. The first-order valence-electron chi connectivity index (χ1n) is 2.69. The summed E-state index contributed by atoms with van der Waals surface area (Å²) in [6.45, 7) is 1.70. The Balaban J connectivity index is 0.000000810. The number of carbonyl (C=O) groups excluding carboxylic acids is 2. The van der Waals surface area contributed by atoms with E-state index in [1.54, 1.807) is 0 Å². The van der Waals surface area contributed by atoms with Crippen LogP contribution in [0, 0.1) is 0 Å². The maximum absolute atomic E-state index is 10.6. The normalized spacial score (nSPS) is 16.4. The molecule has 4 nitrogen and oxygen atoms in total. The van der Waals surface area contributed by atoms with E-state index in [4.69, 9.17) is 0 Å². The summed E-state index contributed by atoms with van der Waals surface area (Å²) in [5.41, 5.74) is 0. The van der Waals surface area contributed by atoms with Crippen molar-refractivity contribution in [1.82, 2.24) is 5.06 Å². The average Bonchev–Trinajstić information content (AvgIpc) is 2.18. The maximum atomic E-state index is 10.6. The predicted octanol–water partition coefficient (Wildman–Crippen LogP) is -0.395. The second-order valence-corrected chi connectivity index (χ2v) is 1.77. The molecule has 0 bridgehead atoms. The Bertz CT molecular complexity index is 139. The third-order valence-electron chi connectivity index (χ3n) is 1.18. The predicted molar refractivity (Wildman–Crippen MR) is 27.7 cm³/mol. The summed E-state index contributed by atoms with van der Waals surface area (Å²) in [4.78, 5) is 24.3. The van der Waals surface area contributed by atoms with Crippen LogP contribution in [0.5, 0.6) is 0 Å². The van der Waals surface area contributed by atoms with Gasteiger partial charge < -0.3 is 9.63 Å². The van der Waals surface area contributed by atoms with E-state index in [2.05, 4.69) is 4.84 Å². The zero-order valence-corrected chi connectivity index (χ0v) is 6.58. The summed E-state index contributed by atoms with van der Waals surface area (Å²) < 4.78 is 0. The molecule has 1 fully saturated rings. The molecule has 10 heavy (non-hydrogen) atoms. The molecule has 60 valence electrons. The molecule has 1 heterocycles. The molecular weight excluding hydrogens is 230 g/mol. The summed E-state index contributed by atoms with van der Waals surface area (Å²) in [6.07, 6.45) is 1.24. The van der Waals surface area contributed by atoms with Gasteiger partial charge in [-0.2, -0.15) is 0 Å². The average molecular weight is 236 g/mol. The number of hydrogen-bond donors (Lipinski definition) is 0. The standard InChI is InChI=1S/C5H6NO3.Ag/c7-4-9-6-3-1-2-5(6)8;/h1-3H2;/q-1;+1. The van der Waals surface area contributed by atoms with Crippen molar-refractivity contribution in [2.45, 2.75) is 12.8 Å². The van der Waals surface area contributed by atoms with Crippen molar-refractivity contribution in [2.24, 2.45) is 0 Å². The second-order valence-electron chi connectivity index (χ2n) is 1.77. The topological polar surface area (TPSA) is 46.6 Å². The van der Waals surface area contributed by atoms with Gasteiger partial charge in [-0.15, -0.1) is 0 Å². The maximum Gasteiger partial charge on any atom is 1.00 e. The zero-order chi connectivity index (χ0) is 6.69. The van der Waals surface area contributed by atoms with Crippen LogP contribution in [0.3, 0.4) is 0 Å². The van der Waals surface area contributed by atoms with Gasteiger partial charge in [-0.05, 0) is 12.9 Å². The fraction of sp³-hybridized carbons (Fsp3) is 0.600. The van der Waals surface area contributed by atoms with E-state index in [0.29, 0.717) is 13.0 Å². The van der Waals surface area contributed by atoms with Gasteiger partial charge in [0.15, 0.2) is 0 Å². The van der Waals surface area contributed by atoms with Crippen LogP contribution in [0.2, 0.25) is 0 Å². The molecule has 0 spiro atoms. The minimum atomic E-state index is -0.140. The second kappa shape index (κ2) is 4.49. The Morgan fingerprint density at radius 1 is 1.60 bits per heavy atom. The molecule has 1 rings (SSSR count). The molecule has 0 aromatic heterocycles.